The Balaban J connectivity index is 2.27. The predicted octanol–water partition coefficient (Wildman–Crippen LogP) is 3.59. The molecule has 4 heteroatoms. The summed E-state index contributed by atoms with van der Waals surface area (Å²) in [6.45, 7) is 5.35. The van der Waals surface area contributed by atoms with Gasteiger partial charge in [-0.15, -0.1) is 0 Å². The molecule has 1 amide bonds. The lowest BCUT2D eigenvalue weighted by molar-refractivity contribution is -0.119. The number of hydrazone groups is 1. The van der Waals surface area contributed by atoms with Crippen molar-refractivity contribution in [3.05, 3.63) is 30.3 Å². The Kier molecular flexibility index (Phi) is 8.93. The topological polar surface area (TPSA) is 44.7 Å². The SMILES string of the molecule is CCCCCC/C=N\NC(=O)CN(CC)c1ccccc1. The molecule has 21 heavy (non-hydrogen) atoms. The quantitative estimate of drug-likeness (QED) is 0.406. The van der Waals surface area contributed by atoms with E-state index in [1.807, 2.05) is 42.2 Å². The van der Waals surface area contributed by atoms with Gasteiger partial charge in [0.2, 0.25) is 0 Å². The van der Waals surface area contributed by atoms with Crippen LogP contribution in [-0.2, 0) is 4.79 Å². The first-order valence-electron chi connectivity index (χ1n) is 7.88. The lowest BCUT2D eigenvalue weighted by Crippen LogP contribution is -2.35. The maximum atomic E-state index is 11.9. The minimum atomic E-state index is -0.0782. The molecule has 4 nitrogen and oxygen atoms in total. The first-order valence-corrected chi connectivity index (χ1v) is 7.88. The maximum absolute atomic E-state index is 11.9. The standard InChI is InChI=1S/C17H27N3O/c1-3-5-6-7-11-14-18-19-17(21)15-20(4-2)16-12-9-8-10-13-16/h8-10,12-14H,3-7,11,15H2,1-2H3,(H,19,21)/b18-14-. The largest absolute Gasteiger partial charge is 0.362 e. The van der Waals surface area contributed by atoms with Crippen LogP contribution in [0.15, 0.2) is 35.4 Å². The zero-order valence-corrected chi connectivity index (χ0v) is 13.2. The Bertz CT molecular complexity index is 417. The van der Waals surface area contributed by atoms with E-state index in [0.29, 0.717) is 6.54 Å². The summed E-state index contributed by atoms with van der Waals surface area (Å²) in [5.74, 6) is -0.0782. The minimum Gasteiger partial charge on any atom is -0.362 e. The van der Waals surface area contributed by atoms with Crippen LogP contribution in [-0.4, -0.2) is 25.2 Å². The summed E-state index contributed by atoms with van der Waals surface area (Å²) < 4.78 is 0. The first kappa shape index (κ1) is 17.2. The molecule has 1 aromatic carbocycles. The summed E-state index contributed by atoms with van der Waals surface area (Å²) >= 11 is 0. The van der Waals surface area contributed by atoms with Crippen LogP contribution in [0.3, 0.4) is 0 Å². The molecule has 0 aliphatic heterocycles. The van der Waals surface area contributed by atoms with Crippen LogP contribution in [0, 0.1) is 0 Å². The maximum Gasteiger partial charge on any atom is 0.259 e. The third kappa shape index (κ3) is 7.49. The fourth-order valence-corrected chi connectivity index (χ4v) is 2.08. The average Bonchev–Trinajstić information content (AvgIpc) is 2.52. The van der Waals surface area contributed by atoms with Gasteiger partial charge in [-0.3, -0.25) is 4.79 Å². The van der Waals surface area contributed by atoms with Gasteiger partial charge >= 0.3 is 0 Å². The fraction of sp³-hybridized carbons (Fsp3) is 0.529. The number of nitrogens with one attached hydrogen (secondary N) is 1. The van der Waals surface area contributed by atoms with Gasteiger partial charge in [0.05, 0.1) is 6.54 Å². The van der Waals surface area contributed by atoms with Gasteiger partial charge in [-0.2, -0.15) is 5.10 Å². The molecule has 0 unspecified atom stereocenters. The Morgan fingerprint density at radius 1 is 1.19 bits per heavy atom. The highest BCUT2D eigenvalue weighted by atomic mass is 16.2. The monoisotopic (exact) mass is 289 g/mol. The van der Waals surface area contributed by atoms with E-state index in [1.165, 1.54) is 19.3 Å². The summed E-state index contributed by atoms with van der Waals surface area (Å²) in [5.41, 5.74) is 3.65. The number of likely N-dealkylation sites (N-methyl/N-ethyl adjacent to an activating group) is 1. The Labute approximate surface area is 128 Å². The average molecular weight is 289 g/mol. The van der Waals surface area contributed by atoms with Crippen LogP contribution in [0.4, 0.5) is 5.69 Å². The van der Waals surface area contributed by atoms with Gasteiger partial charge in [0.25, 0.3) is 5.91 Å². The highest BCUT2D eigenvalue weighted by Crippen LogP contribution is 2.11. The zero-order chi connectivity index (χ0) is 15.3. The molecule has 0 aliphatic carbocycles. The number of hydrogen-bond acceptors (Lipinski definition) is 3. The van der Waals surface area contributed by atoms with Crippen molar-refractivity contribution in [2.75, 3.05) is 18.0 Å². The number of para-hydroxylation sites is 1. The molecule has 0 radical (unpaired) electrons. The van der Waals surface area contributed by atoms with Crippen molar-refractivity contribution in [2.24, 2.45) is 5.10 Å². The van der Waals surface area contributed by atoms with Crippen molar-refractivity contribution < 1.29 is 4.79 Å². The predicted molar refractivity (Wildman–Crippen MR) is 89.7 cm³/mol. The normalized spacial score (nSPS) is 10.8. The van der Waals surface area contributed by atoms with Gasteiger partial charge in [0, 0.05) is 18.4 Å². The van der Waals surface area contributed by atoms with Crippen LogP contribution < -0.4 is 10.3 Å². The number of hydrogen-bond donors (Lipinski definition) is 1. The molecule has 0 atom stereocenters. The van der Waals surface area contributed by atoms with E-state index in [9.17, 15) is 4.79 Å². The highest BCUT2D eigenvalue weighted by Gasteiger charge is 2.08. The van der Waals surface area contributed by atoms with Crippen molar-refractivity contribution in [2.45, 2.75) is 46.0 Å². The molecule has 0 spiro atoms. The molecule has 0 aromatic heterocycles. The summed E-state index contributed by atoms with van der Waals surface area (Å²) in [5, 5.41) is 4.00. The molecule has 1 rings (SSSR count). The number of amides is 1. The van der Waals surface area contributed by atoms with Gasteiger partial charge in [0.15, 0.2) is 0 Å². The third-order valence-corrected chi connectivity index (χ3v) is 3.30. The van der Waals surface area contributed by atoms with Crippen molar-refractivity contribution in [3.63, 3.8) is 0 Å². The van der Waals surface area contributed by atoms with E-state index in [1.54, 1.807) is 6.21 Å². The van der Waals surface area contributed by atoms with Crippen molar-refractivity contribution >= 4 is 17.8 Å². The van der Waals surface area contributed by atoms with Crippen LogP contribution in [0.2, 0.25) is 0 Å². The minimum absolute atomic E-state index is 0.0782. The molecular formula is C17H27N3O. The van der Waals surface area contributed by atoms with E-state index in [2.05, 4.69) is 17.5 Å². The molecule has 0 heterocycles. The molecule has 0 fully saturated rings. The summed E-state index contributed by atoms with van der Waals surface area (Å²) in [7, 11) is 0. The number of nitrogens with zero attached hydrogens (tertiary/aromatic N) is 2. The molecule has 0 bridgehead atoms. The van der Waals surface area contributed by atoms with Gasteiger partial charge in [-0.05, 0) is 31.9 Å². The second-order valence-electron chi connectivity index (χ2n) is 5.05. The van der Waals surface area contributed by atoms with Crippen molar-refractivity contribution in [1.82, 2.24) is 5.43 Å². The summed E-state index contributed by atoms with van der Waals surface area (Å²) in [4.78, 5) is 13.9. The second kappa shape index (κ2) is 10.9. The first-order chi connectivity index (χ1) is 10.3. The van der Waals surface area contributed by atoms with E-state index >= 15 is 0 Å². The van der Waals surface area contributed by atoms with Crippen LogP contribution >= 0.6 is 0 Å². The van der Waals surface area contributed by atoms with E-state index < -0.39 is 0 Å². The summed E-state index contributed by atoms with van der Waals surface area (Å²) in [6, 6.07) is 9.94. The lowest BCUT2D eigenvalue weighted by atomic mass is 10.2. The van der Waals surface area contributed by atoms with Crippen LogP contribution in [0.5, 0.6) is 0 Å². The molecular weight excluding hydrogens is 262 g/mol. The molecule has 0 saturated carbocycles. The summed E-state index contributed by atoms with van der Waals surface area (Å²) in [6.07, 6.45) is 7.60. The fourth-order valence-electron chi connectivity index (χ4n) is 2.08. The van der Waals surface area contributed by atoms with Gasteiger partial charge in [-0.25, -0.2) is 5.43 Å². The smallest absolute Gasteiger partial charge is 0.259 e. The van der Waals surface area contributed by atoms with E-state index in [-0.39, 0.29) is 5.91 Å². The van der Waals surface area contributed by atoms with E-state index in [4.69, 9.17) is 0 Å². The second-order valence-corrected chi connectivity index (χ2v) is 5.05. The Morgan fingerprint density at radius 3 is 2.62 bits per heavy atom. The van der Waals surface area contributed by atoms with Crippen molar-refractivity contribution in [1.29, 1.82) is 0 Å². The highest BCUT2D eigenvalue weighted by molar-refractivity contribution is 5.81. The van der Waals surface area contributed by atoms with Gasteiger partial charge < -0.3 is 4.90 Å². The van der Waals surface area contributed by atoms with Gasteiger partial charge in [-0.1, -0.05) is 44.4 Å². The number of rotatable bonds is 10. The zero-order valence-electron chi connectivity index (χ0n) is 13.2. The van der Waals surface area contributed by atoms with E-state index in [0.717, 1.165) is 25.1 Å². The molecule has 1 N–H and O–H groups in total. The number of carbonyl (C=O) groups excluding carboxylic acids is 1. The number of carbonyl (C=O) groups is 1. The molecule has 0 aliphatic rings. The Morgan fingerprint density at radius 2 is 1.95 bits per heavy atom. The molecule has 116 valence electrons. The number of unbranched alkanes of at least 4 members (excludes halogenated alkanes) is 4. The lowest BCUT2D eigenvalue weighted by Gasteiger charge is -2.21. The number of benzene rings is 1. The van der Waals surface area contributed by atoms with Gasteiger partial charge in [0.1, 0.15) is 0 Å². The van der Waals surface area contributed by atoms with Crippen LogP contribution in [0.1, 0.15) is 46.0 Å². The van der Waals surface area contributed by atoms with Crippen LogP contribution in [0.25, 0.3) is 0 Å². The molecule has 1 aromatic rings. The number of anilines is 1. The third-order valence-electron chi connectivity index (χ3n) is 3.30. The Hall–Kier alpha value is -1.84. The van der Waals surface area contributed by atoms with Crippen molar-refractivity contribution in [3.8, 4) is 0 Å². The molecule has 0 saturated heterocycles.